The summed E-state index contributed by atoms with van der Waals surface area (Å²) in [4.78, 5) is 39.3. The van der Waals surface area contributed by atoms with Crippen molar-refractivity contribution in [3.8, 4) is 5.75 Å². The van der Waals surface area contributed by atoms with Gasteiger partial charge in [0, 0.05) is 39.7 Å². The number of non-ortho nitro benzene ring substituents is 1. The zero-order valence-electron chi connectivity index (χ0n) is 19.1. The van der Waals surface area contributed by atoms with Crippen LogP contribution in [0.15, 0.2) is 69.0 Å². The topological polar surface area (TPSA) is 143 Å². The molecular weight excluding hydrogens is 570 g/mol. The van der Waals surface area contributed by atoms with Gasteiger partial charge in [0.15, 0.2) is 0 Å². The summed E-state index contributed by atoms with van der Waals surface area (Å²) >= 11 is 9.47. The Morgan fingerprint density at radius 2 is 1.92 bits per heavy atom. The van der Waals surface area contributed by atoms with E-state index in [1.165, 1.54) is 30.5 Å². The van der Waals surface area contributed by atoms with Crippen LogP contribution < -0.4 is 10.3 Å². The number of hydrogen-bond donors (Lipinski definition) is 0. The first-order valence-electron chi connectivity index (χ1n) is 10.8. The maximum absolute atomic E-state index is 13.2. The number of nitro benzene ring substituents is 2. The van der Waals surface area contributed by atoms with E-state index in [0.29, 0.717) is 33.2 Å². The third kappa shape index (κ3) is 5.65. The lowest BCUT2D eigenvalue weighted by Gasteiger charge is -2.11. The van der Waals surface area contributed by atoms with Gasteiger partial charge in [0.1, 0.15) is 12.4 Å². The van der Waals surface area contributed by atoms with Crippen molar-refractivity contribution in [1.82, 2.24) is 9.66 Å². The molecule has 0 amide bonds. The lowest BCUT2D eigenvalue weighted by molar-refractivity contribution is -0.386. The summed E-state index contributed by atoms with van der Waals surface area (Å²) in [6, 6.07) is 13.4. The minimum atomic E-state index is -0.662. The van der Waals surface area contributed by atoms with Crippen LogP contribution in [0.4, 0.5) is 11.4 Å². The molecular formula is C24H17BrClN5O6. The molecule has 0 unspecified atom stereocenters. The zero-order chi connectivity index (χ0) is 26.7. The number of nitrogens with zero attached hydrogens (tertiary/aromatic N) is 5. The Bertz CT molecular complexity index is 1640. The molecule has 0 atom stereocenters. The number of fused-ring (bicyclic) bond motifs is 1. The number of halogens is 2. The minimum Gasteiger partial charge on any atom is -0.481 e. The second-order valence-corrected chi connectivity index (χ2v) is 9.07. The fraction of sp³-hybridized carbons (Fsp3) is 0.125. The van der Waals surface area contributed by atoms with Gasteiger partial charge in [0.05, 0.1) is 27.0 Å². The van der Waals surface area contributed by atoms with Gasteiger partial charge >= 0.3 is 5.69 Å². The summed E-state index contributed by atoms with van der Waals surface area (Å²) in [5.41, 5.74) is 0.0762. The standard InChI is InChI=1S/C24H17BrClN5O6/c1-2-22-28-20-7-6-16(25)10-19(20)24(32)29(22)27-12-15-9-17(26)11-21(31(35)36)23(15)37-13-14-4-3-5-18(8-14)30(33)34/h3-12H,2,13H2,1H3. The highest BCUT2D eigenvalue weighted by molar-refractivity contribution is 9.10. The predicted octanol–water partition coefficient (Wildman–Crippen LogP) is 5.65. The first-order chi connectivity index (χ1) is 17.7. The normalized spacial score (nSPS) is 11.2. The van der Waals surface area contributed by atoms with Crippen LogP contribution >= 0.6 is 27.5 Å². The number of aryl methyl sites for hydroxylation is 1. The first kappa shape index (κ1) is 25.9. The Kier molecular flexibility index (Phi) is 7.60. The smallest absolute Gasteiger partial charge is 0.313 e. The van der Waals surface area contributed by atoms with E-state index in [1.807, 2.05) is 6.92 Å². The van der Waals surface area contributed by atoms with E-state index in [1.54, 1.807) is 24.3 Å². The number of ether oxygens (including phenoxy) is 1. The monoisotopic (exact) mass is 585 g/mol. The average Bonchev–Trinajstić information content (AvgIpc) is 2.87. The lowest BCUT2D eigenvalue weighted by Crippen LogP contribution is -2.22. The van der Waals surface area contributed by atoms with Crippen LogP contribution in [-0.2, 0) is 13.0 Å². The molecule has 0 aliphatic rings. The van der Waals surface area contributed by atoms with E-state index in [-0.39, 0.29) is 28.6 Å². The highest BCUT2D eigenvalue weighted by atomic mass is 79.9. The average molecular weight is 587 g/mol. The third-order valence-electron chi connectivity index (χ3n) is 5.27. The molecule has 188 valence electrons. The molecule has 37 heavy (non-hydrogen) atoms. The molecule has 0 saturated carbocycles. The fourth-order valence-corrected chi connectivity index (χ4v) is 4.15. The maximum atomic E-state index is 13.2. The van der Waals surface area contributed by atoms with Crippen LogP contribution in [0.3, 0.4) is 0 Å². The summed E-state index contributed by atoms with van der Waals surface area (Å²) in [5.74, 6) is 0.221. The highest BCUT2D eigenvalue weighted by Gasteiger charge is 2.21. The summed E-state index contributed by atoms with van der Waals surface area (Å²) in [5, 5.41) is 27.5. The van der Waals surface area contributed by atoms with Crippen LogP contribution in [0.25, 0.3) is 10.9 Å². The summed E-state index contributed by atoms with van der Waals surface area (Å²) < 4.78 is 7.56. The number of aromatic nitrogens is 2. The number of nitro groups is 2. The number of hydrogen-bond acceptors (Lipinski definition) is 8. The van der Waals surface area contributed by atoms with E-state index in [9.17, 15) is 25.0 Å². The molecule has 4 aromatic rings. The molecule has 3 aromatic carbocycles. The lowest BCUT2D eigenvalue weighted by atomic mass is 10.1. The van der Waals surface area contributed by atoms with Crippen LogP contribution in [0.2, 0.25) is 5.02 Å². The Balaban J connectivity index is 1.79. The van der Waals surface area contributed by atoms with Crippen molar-refractivity contribution in [2.45, 2.75) is 20.0 Å². The summed E-state index contributed by atoms with van der Waals surface area (Å²) in [7, 11) is 0. The molecule has 0 fully saturated rings. The summed E-state index contributed by atoms with van der Waals surface area (Å²) in [6.45, 7) is 1.62. The predicted molar refractivity (Wildman–Crippen MR) is 142 cm³/mol. The second kappa shape index (κ2) is 10.8. The first-order valence-corrected chi connectivity index (χ1v) is 11.9. The Labute approximate surface area is 222 Å². The van der Waals surface area contributed by atoms with Crippen molar-refractivity contribution in [1.29, 1.82) is 0 Å². The van der Waals surface area contributed by atoms with Gasteiger partial charge < -0.3 is 4.74 Å². The van der Waals surface area contributed by atoms with Crippen LogP contribution in [0, 0.1) is 20.2 Å². The third-order valence-corrected chi connectivity index (χ3v) is 5.98. The van der Waals surface area contributed by atoms with Gasteiger partial charge in [-0.25, -0.2) is 4.98 Å². The van der Waals surface area contributed by atoms with E-state index in [2.05, 4.69) is 26.0 Å². The Morgan fingerprint density at radius 1 is 1.14 bits per heavy atom. The van der Waals surface area contributed by atoms with Gasteiger partial charge in [-0.3, -0.25) is 25.0 Å². The van der Waals surface area contributed by atoms with Gasteiger partial charge in [0.25, 0.3) is 11.2 Å². The van der Waals surface area contributed by atoms with Crippen LogP contribution in [-0.4, -0.2) is 25.7 Å². The van der Waals surface area contributed by atoms with E-state index in [4.69, 9.17) is 16.3 Å². The minimum absolute atomic E-state index is 0.0551. The van der Waals surface area contributed by atoms with Gasteiger partial charge in [-0.05, 0) is 29.8 Å². The molecule has 11 nitrogen and oxygen atoms in total. The molecule has 0 aliphatic heterocycles. The van der Waals surface area contributed by atoms with Gasteiger partial charge in [0.2, 0.25) is 5.75 Å². The van der Waals surface area contributed by atoms with E-state index >= 15 is 0 Å². The molecule has 0 bridgehead atoms. The van der Waals surface area contributed by atoms with Gasteiger partial charge in [-0.1, -0.05) is 46.6 Å². The van der Waals surface area contributed by atoms with Crippen LogP contribution in [0.5, 0.6) is 5.75 Å². The van der Waals surface area contributed by atoms with Gasteiger partial charge in [-0.2, -0.15) is 9.78 Å². The van der Waals surface area contributed by atoms with Crippen molar-refractivity contribution in [2.75, 3.05) is 0 Å². The SMILES string of the molecule is CCc1nc2ccc(Br)cc2c(=O)n1N=Cc1cc(Cl)cc([N+](=O)[O-])c1OCc1cccc([N+](=O)[O-])c1. The van der Waals surface area contributed by atoms with E-state index in [0.717, 1.165) is 10.7 Å². The molecule has 0 spiro atoms. The number of rotatable bonds is 8. The van der Waals surface area contributed by atoms with Crippen molar-refractivity contribution in [3.05, 3.63) is 112 Å². The molecule has 13 heteroatoms. The molecule has 1 heterocycles. The number of benzene rings is 3. The van der Waals surface area contributed by atoms with Crippen molar-refractivity contribution in [3.63, 3.8) is 0 Å². The fourth-order valence-electron chi connectivity index (χ4n) is 3.57. The molecule has 0 radical (unpaired) electrons. The molecule has 0 aliphatic carbocycles. The van der Waals surface area contributed by atoms with E-state index < -0.39 is 21.1 Å². The maximum Gasteiger partial charge on any atom is 0.313 e. The quantitative estimate of drug-likeness (QED) is 0.147. The van der Waals surface area contributed by atoms with Gasteiger partial charge in [-0.15, -0.1) is 0 Å². The molecule has 0 saturated heterocycles. The summed E-state index contributed by atoms with van der Waals surface area (Å²) in [6.07, 6.45) is 1.62. The van der Waals surface area contributed by atoms with Crippen molar-refractivity contribution >= 4 is 56.0 Å². The highest BCUT2D eigenvalue weighted by Crippen LogP contribution is 2.34. The largest absolute Gasteiger partial charge is 0.481 e. The molecule has 0 N–H and O–H groups in total. The van der Waals surface area contributed by atoms with Crippen molar-refractivity contribution < 1.29 is 14.6 Å². The molecule has 1 aromatic heterocycles. The van der Waals surface area contributed by atoms with Crippen LogP contribution in [0.1, 0.15) is 23.9 Å². The zero-order valence-corrected chi connectivity index (χ0v) is 21.5. The second-order valence-electron chi connectivity index (χ2n) is 7.72. The Hall–Kier alpha value is -4.16. The van der Waals surface area contributed by atoms with Crippen molar-refractivity contribution in [2.24, 2.45) is 5.10 Å². The molecule has 4 rings (SSSR count). The Morgan fingerprint density at radius 3 is 2.62 bits per heavy atom.